The van der Waals surface area contributed by atoms with Crippen LogP contribution in [-0.4, -0.2) is 22.9 Å². The highest BCUT2D eigenvalue weighted by atomic mass is 16.3. The van der Waals surface area contributed by atoms with Crippen molar-refractivity contribution in [3.8, 4) is 0 Å². The minimum absolute atomic E-state index is 0.0418. The summed E-state index contributed by atoms with van der Waals surface area (Å²) in [7, 11) is 0. The van der Waals surface area contributed by atoms with Crippen molar-refractivity contribution in [3.05, 3.63) is 36.0 Å². The summed E-state index contributed by atoms with van der Waals surface area (Å²) in [4.78, 5) is 0. The lowest BCUT2D eigenvalue weighted by atomic mass is 10.1. The quantitative estimate of drug-likeness (QED) is 0.550. The third kappa shape index (κ3) is 1.83. The van der Waals surface area contributed by atoms with Crippen LogP contribution in [0.2, 0.25) is 0 Å². The van der Waals surface area contributed by atoms with Crippen molar-refractivity contribution in [2.75, 3.05) is 6.61 Å². The van der Waals surface area contributed by atoms with Crippen molar-refractivity contribution in [3.63, 3.8) is 0 Å². The Hall–Kier alpha value is -0.860. The van der Waals surface area contributed by atoms with Gasteiger partial charge in [0.05, 0.1) is 12.7 Å². The van der Waals surface area contributed by atoms with E-state index in [9.17, 15) is 0 Å². The molecule has 0 bridgehead atoms. The number of rotatable bonds is 1. The molecule has 2 N–H and O–H groups in total. The SMILES string of the molecule is OCC=C1C=CC(O)C=C1. The molecule has 0 radical (unpaired) electrons. The van der Waals surface area contributed by atoms with Crippen LogP contribution in [-0.2, 0) is 0 Å². The smallest absolute Gasteiger partial charge is 0.0909 e. The van der Waals surface area contributed by atoms with Crippen LogP contribution in [0.25, 0.3) is 0 Å². The van der Waals surface area contributed by atoms with Gasteiger partial charge in [-0.15, -0.1) is 0 Å². The van der Waals surface area contributed by atoms with E-state index < -0.39 is 6.10 Å². The lowest BCUT2D eigenvalue weighted by Gasteiger charge is -2.03. The Labute approximate surface area is 59.8 Å². The fraction of sp³-hybridized carbons (Fsp3) is 0.250. The van der Waals surface area contributed by atoms with E-state index in [1.807, 2.05) is 0 Å². The Bertz CT molecular complexity index is 173. The van der Waals surface area contributed by atoms with E-state index in [1.165, 1.54) is 0 Å². The van der Waals surface area contributed by atoms with Gasteiger partial charge in [-0.1, -0.05) is 30.4 Å². The summed E-state index contributed by atoms with van der Waals surface area (Å²) in [6, 6.07) is 0. The van der Waals surface area contributed by atoms with Crippen LogP contribution in [0.15, 0.2) is 36.0 Å². The van der Waals surface area contributed by atoms with Crippen LogP contribution in [0.3, 0.4) is 0 Å². The average molecular weight is 138 g/mol. The molecule has 0 aliphatic heterocycles. The first kappa shape index (κ1) is 7.25. The summed E-state index contributed by atoms with van der Waals surface area (Å²) < 4.78 is 0. The lowest BCUT2D eigenvalue weighted by molar-refractivity contribution is 0.270. The molecule has 0 aromatic rings. The lowest BCUT2D eigenvalue weighted by Crippen LogP contribution is -1.99. The molecule has 2 heteroatoms. The molecule has 1 aliphatic rings. The van der Waals surface area contributed by atoms with Crippen LogP contribution < -0.4 is 0 Å². The van der Waals surface area contributed by atoms with Gasteiger partial charge in [-0.2, -0.15) is 0 Å². The highest BCUT2D eigenvalue weighted by molar-refractivity contribution is 5.36. The molecule has 0 saturated carbocycles. The summed E-state index contributed by atoms with van der Waals surface area (Å²) in [5, 5.41) is 17.4. The predicted octanol–water partition coefficient (Wildman–Crippen LogP) is 0.392. The first-order valence-electron chi connectivity index (χ1n) is 3.18. The number of hydrogen-bond donors (Lipinski definition) is 2. The van der Waals surface area contributed by atoms with Crippen molar-refractivity contribution in [1.29, 1.82) is 0 Å². The van der Waals surface area contributed by atoms with E-state index in [0.29, 0.717) is 0 Å². The normalized spacial score (nSPS) is 23.4. The summed E-state index contributed by atoms with van der Waals surface area (Å²) in [5.41, 5.74) is 0.938. The van der Waals surface area contributed by atoms with Crippen LogP contribution in [0.4, 0.5) is 0 Å². The molecule has 0 unspecified atom stereocenters. The maximum absolute atomic E-state index is 8.93. The summed E-state index contributed by atoms with van der Waals surface area (Å²) in [6.45, 7) is 0.0418. The second-order valence-electron chi connectivity index (χ2n) is 2.10. The maximum Gasteiger partial charge on any atom is 0.0909 e. The van der Waals surface area contributed by atoms with Gasteiger partial charge in [0.1, 0.15) is 0 Å². The Kier molecular flexibility index (Phi) is 2.42. The van der Waals surface area contributed by atoms with E-state index in [4.69, 9.17) is 10.2 Å². The second kappa shape index (κ2) is 3.34. The minimum Gasteiger partial charge on any atom is -0.392 e. The van der Waals surface area contributed by atoms with Gasteiger partial charge in [0, 0.05) is 0 Å². The zero-order valence-electron chi connectivity index (χ0n) is 5.57. The minimum atomic E-state index is -0.462. The molecule has 0 fully saturated rings. The van der Waals surface area contributed by atoms with E-state index in [1.54, 1.807) is 30.4 Å². The maximum atomic E-state index is 8.93. The molecule has 0 atom stereocenters. The summed E-state index contributed by atoms with van der Waals surface area (Å²) in [5.74, 6) is 0. The molecule has 0 saturated heterocycles. The largest absolute Gasteiger partial charge is 0.392 e. The van der Waals surface area contributed by atoms with Gasteiger partial charge in [-0.05, 0) is 5.57 Å². The zero-order valence-corrected chi connectivity index (χ0v) is 5.57. The van der Waals surface area contributed by atoms with E-state index in [2.05, 4.69) is 0 Å². The molecule has 0 heterocycles. The molecule has 0 aromatic carbocycles. The van der Waals surface area contributed by atoms with Crippen molar-refractivity contribution in [2.24, 2.45) is 0 Å². The number of hydrogen-bond acceptors (Lipinski definition) is 2. The van der Waals surface area contributed by atoms with Crippen LogP contribution in [0.1, 0.15) is 0 Å². The van der Waals surface area contributed by atoms with E-state index in [-0.39, 0.29) is 6.61 Å². The first-order chi connectivity index (χ1) is 4.83. The monoisotopic (exact) mass is 138 g/mol. The molecule has 1 rings (SSSR count). The van der Waals surface area contributed by atoms with Crippen molar-refractivity contribution in [1.82, 2.24) is 0 Å². The molecule has 0 aromatic heterocycles. The van der Waals surface area contributed by atoms with Gasteiger partial charge < -0.3 is 10.2 Å². The fourth-order valence-corrected chi connectivity index (χ4v) is 0.781. The topological polar surface area (TPSA) is 40.5 Å². The third-order valence-electron chi connectivity index (χ3n) is 1.30. The Balaban J connectivity index is 2.62. The first-order valence-corrected chi connectivity index (χ1v) is 3.18. The molecule has 10 heavy (non-hydrogen) atoms. The molecule has 54 valence electrons. The molecule has 1 aliphatic carbocycles. The van der Waals surface area contributed by atoms with Crippen molar-refractivity contribution < 1.29 is 10.2 Å². The third-order valence-corrected chi connectivity index (χ3v) is 1.30. The molecular weight excluding hydrogens is 128 g/mol. The molecule has 2 nitrogen and oxygen atoms in total. The standard InChI is InChI=1S/C8H10O2/c9-6-5-7-1-3-8(10)4-2-7/h1-5,8-10H,6H2. The van der Waals surface area contributed by atoms with Crippen molar-refractivity contribution >= 4 is 0 Å². The number of allylic oxidation sites excluding steroid dienone is 3. The van der Waals surface area contributed by atoms with Gasteiger partial charge in [0.2, 0.25) is 0 Å². The Morgan fingerprint density at radius 3 is 2.50 bits per heavy atom. The zero-order chi connectivity index (χ0) is 7.40. The number of aliphatic hydroxyl groups is 2. The summed E-state index contributed by atoms with van der Waals surface area (Å²) >= 11 is 0. The predicted molar refractivity (Wildman–Crippen MR) is 39.5 cm³/mol. The number of aliphatic hydroxyl groups excluding tert-OH is 2. The Morgan fingerprint density at radius 1 is 1.40 bits per heavy atom. The highest BCUT2D eigenvalue weighted by Crippen LogP contribution is 2.07. The summed E-state index contributed by atoms with van der Waals surface area (Å²) in [6.07, 6.45) is 8.11. The fourth-order valence-electron chi connectivity index (χ4n) is 0.781. The molecule has 0 amide bonds. The van der Waals surface area contributed by atoms with Gasteiger partial charge in [0.15, 0.2) is 0 Å². The molecular formula is C8H10O2. The van der Waals surface area contributed by atoms with Gasteiger partial charge in [0.25, 0.3) is 0 Å². The van der Waals surface area contributed by atoms with Crippen molar-refractivity contribution in [2.45, 2.75) is 6.10 Å². The average Bonchev–Trinajstić information content (AvgIpc) is 1.95. The van der Waals surface area contributed by atoms with Gasteiger partial charge in [-0.25, -0.2) is 0 Å². The van der Waals surface area contributed by atoms with Gasteiger partial charge in [-0.3, -0.25) is 0 Å². The van der Waals surface area contributed by atoms with E-state index in [0.717, 1.165) is 5.57 Å². The second-order valence-corrected chi connectivity index (χ2v) is 2.10. The van der Waals surface area contributed by atoms with Crippen LogP contribution in [0.5, 0.6) is 0 Å². The highest BCUT2D eigenvalue weighted by Gasteiger charge is 1.97. The van der Waals surface area contributed by atoms with Crippen LogP contribution in [0, 0.1) is 0 Å². The van der Waals surface area contributed by atoms with Gasteiger partial charge >= 0.3 is 0 Å². The van der Waals surface area contributed by atoms with Crippen LogP contribution >= 0.6 is 0 Å². The Morgan fingerprint density at radius 2 is 2.00 bits per heavy atom. The van der Waals surface area contributed by atoms with E-state index >= 15 is 0 Å². The molecule has 0 spiro atoms.